The van der Waals surface area contributed by atoms with Crippen molar-refractivity contribution in [1.82, 2.24) is 10.6 Å². The van der Waals surface area contributed by atoms with Gasteiger partial charge in [-0.05, 0) is 26.0 Å². The van der Waals surface area contributed by atoms with Gasteiger partial charge in [0.15, 0.2) is 6.10 Å². The highest BCUT2D eigenvalue weighted by Crippen LogP contribution is 2.22. The number of hydrogen-bond donors (Lipinski definition) is 3. The second-order valence-electron chi connectivity index (χ2n) is 4.09. The first-order chi connectivity index (χ1) is 9.86. The normalized spacial score (nSPS) is 11.4. The minimum absolute atomic E-state index is 0.0426. The fraction of sp³-hybridized carbons (Fsp3) is 0.308. The average molecular weight is 313 g/mol. The molecule has 0 aliphatic rings. The largest absolute Gasteiger partial charge is 0.480 e. The van der Waals surface area contributed by atoms with Crippen molar-refractivity contribution < 1.29 is 18.7 Å². The first kappa shape index (κ1) is 16.8. The number of rotatable bonds is 5. The number of carbonyl (C=O) groups excluding carboxylic acids is 2. The molecule has 0 aliphatic carbocycles. The summed E-state index contributed by atoms with van der Waals surface area (Å²) in [6.45, 7) is 3.51. The van der Waals surface area contributed by atoms with Crippen molar-refractivity contribution in [2.45, 2.75) is 20.0 Å². The summed E-state index contributed by atoms with van der Waals surface area (Å²) in [6.07, 6.45) is -1.03. The lowest BCUT2D eigenvalue weighted by molar-refractivity contribution is -0.126. The number of urea groups is 1. The van der Waals surface area contributed by atoms with Crippen LogP contribution in [0.1, 0.15) is 19.4 Å². The molecule has 1 rings (SSSR count). The molecular weight excluding hydrogens is 297 g/mol. The van der Waals surface area contributed by atoms with Gasteiger partial charge in [-0.1, -0.05) is 18.3 Å². The van der Waals surface area contributed by atoms with Gasteiger partial charge >= 0.3 is 6.03 Å². The Morgan fingerprint density at radius 2 is 2.14 bits per heavy atom. The number of halogens is 1. The molecule has 1 aromatic rings. The number of nitrogens with one attached hydrogen (secondary N) is 2. The Morgan fingerprint density at radius 3 is 2.71 bits per heavy atom. The van der Waals surface area contributed by atoms with E-state index in [0.717, 1.165) is 0 Å². The molecule has 114 valence electrons. The lowest BCUT2D eigenvalue weighted by Gasteiger charge is -2.16. The standard InChI is InChI=1S/C13H16FN3O3S/c1-3-16-13(19)17-12(18)7(2)20-9-6-4-5-8(14)10(9)11(15)21/h4-7H,3H2,1-2H3,(H2,15,21)(H2,16,17,18,19). The molecule has 1 unspecified atom stereocenters. The minimum atomic E-state index is -1.03. The Morgan fingerprint density at radius 1 is 1.48 bits per heavy atom. The van der Waals surface area contributed by atoms with Gasteiger partial charge < -0.3 is 15.8 Å². The summed E-state index contributed by atoms with van der Waals surface area (Å²) in [5, 5.41) is 4.50. The van der Waals surface area contributed by atoms with Gasteiger partial charge in [0.25, 0.3) is 5.91 Å². The zero-order chi connectivity index (χ0) is 16.0. The van der Waals surface area contributed by atoms with E-state index in [-0.39, 0.29) is 16.3 Å². The second kappa shape index (κ2) is 7.53. The van der Waals surface area contributed by atoms with Crippen LogP contribution in [-0.4, -0.2) is 29.6 Å². The predicted octanol–water partition coefficient (Wildman–Crippen LogP) is 1.07. The van der Waals surface area contributed by atoms with Crippen LogP contribution < -0.4 is 21.1 Å². The maximum Gasteiger partial charge on any atom is 0.321 e. The molecule has 1 aromatic carbocycles. The van der Waals surface area contributed by atoms with Crippen LogP contribution in [0.15, 0.2) is 18.2 Å². The van der Waals surface area contributed by atoms with Crippen LogP contribution in [-0.2, 0) is 4.79 Å². The monoisotopic (exact) mass is 313 g/mol. The van der Waals surface area contributed by atoms with E-state index in [9.17, 15) is 14.0 Å². The molecule has 0 saturated carbocycles. The third kappa shape index (κ3) is 4.67. The third-order valence-electron chi connectivity index (χ3n) is 2.47. The van der Waals surface area contributed by atoms with Gasteiger partial charge in [-0.2, -0.15) is 0 Å². The van der Waals surface area contributed by atoms with Crippen LogP contribution in [0.3, 0.4) is 0 Å². The Hall–Kier alpha value is -2.22. The van der Waals surface area contributed by atoms with Crippen LogP contribution in [0.4, 0.5) is 9.18 Å². The quantitative estimate of drug-likeness (QED) is 0.707. The second-order valence-corrected chi connectivity index (χ2v) is 4.53. The molecule has 0 spiro atoms. The van der Waals surface area contributed by atoms with Crippen LogP contribution in [0, 0.1) is 5.82 Å². The van der Waals surface area contributed by atoms with Gasteiger partial charge in [0.2, 0.25) is 0 Å². The summed E-state index contributed by atoms with van der Waals surface area (Å²) in [5.41, 5.74) is 5.36. The van der Waals surface area contributed by atoms with E-state index in [4.69, 9.17) is 22.7 Å². The van der Waals surface area contributed by atoms with Gasteiger partial charge in [-0.15, -0.1) is 0 Å². The highest BCUT2D eigenvalue weighted by atomic mass is 32.1. The Bertz CT molecular complexity index is 566. The smallest absolute Gasteiger partial charge is 0.321 e. The van der Waals surface area contributed by atoms with Crippen molar-refractivity contribution >= 4 is 29.1 Å². The first-order valence-electron chi connectivity index (χ1n) is 6.20. The predicted molar refractivity (Wildman–Crippen MR) is 79.6 cm³/mol. The number of ether oxygens (including phenoxy) is 1. The number of amides is 3. The van der Waals surface area contributed by atoms with Gasteiger partial charge in [0.1, 0.15) is 16.6 Å². The molecule has 0 bridgehead atoms. The molecule has 8 heteroatoms. The number of hydrogen-bond acceptors (Lipinski definition) is 4. The SMILES string of the molecule is CCNC(=O)NC(=O)C(C)Oc1cccc(F)c1C(N)=S. The van der Waals surface area contributed by atoms with Crippen LogP contribution in [0.2, 0.25) is 0 Å². The van der Waals surface area contributed by atoms with E-state index >= 15 is 0 Å². The Balaban J connectivity index is 2.82. The fourth-order valence-electron chi connectivity index (χ4n) is 1.50. The summed E-state index contributed by atoms with van der Waals surface area (Å²) in [5.74, 6) is -1.27. The van der Waals surface area contributed by atoms with Crippen molar-refractivity contribution in [3.8, 4) is 5.75 Å². The molecule has 0 aliphatic heterocycles. The van der Waals surface area contributed by atoms with Crippen molar-refractivity contribution in [2.75, 3.05) is 6.54 Å². The summed E-state index contributed by atoms with van der Waals surface area (Å²) >= 11 is 4.75. The summed E-state index contributed by atoms with van der Waals surface area (Å²) in [4.78, 5) is 22.8. The lowest BCUT2D eigenvalue weighted by Crippen LogP contribution is -2.45. The van der Waals surface area contributed by atoms with Crippen molar-refractivity contribution in [3.63, 3.8) is 0 Å². The molecular formula is C13H16FN3O3S. The highest BCUT2D eigenvalue weighted by molar-refractivity contribution is 7.80. The maximum absolute atomic E-state index is 13.7. The van der Waals surface area contributed by atoms with Gasteiger partial charge in [0.05, 0.1) is 5.56 Å². The molecule has 1 atom stereocenters. The average Bonchev–Trinajstić information content (AvgIpc) is 2.38. The van der Waals surface area contributed by atoms with Crippen molar-refractivity contribution in [3.05, 3.63) is 29.6 Å². The zero-order valence-corrected chi connectivity index (χ0v) is 12.4. The number of imide groups is 1. The summed E-state index contributed by atoms with van der Waals surface area (Å²) in [7, 11) is 0. The topological polar surface area (TPSA) is 93.5 Å². The lowest BCUT2D eigenvalue weighted by atomic mass is 10.2. The Labute approximate surface area is 126 Å². The molecule has 21 heavy (non-hydrogen) atoms. The molecule has 0 saturated heterocycles. The van der Waals surface area contributed by atoms with E-state index in [1.165, 1.54) is 25.1 Å². The summed E-state index contributed by atoms with van der Waals surface area (Å²) < 4.78 is 19.0. The third-order valence-corrected chi connectivity index (χ3v) is 2.67. The number of nitrogens with two attached hydrogens (primary N) is 1. The molecule has 3 amide bonds. The van der Waals surface area contributed by atoms with Gasteiger partial charge in [-0.3, -0.25) is 10.1 Å². The van der Waals surface area contributed by atoms with E-state index in [2.05, 4.69) is 10.6 Å². The Kier molecular flexibility index (Phi) is 6.04. The van der Waals surface area contributed by atoms with Crippen LogP contribution in [0.25, 0.3) is 0 Å². The minimum Gasteiger partial charge on any atom is -0.480 e. The molecule has 0 radical (unpaired) electrons. The molecule has 4 N–H and O–H groups in total. The number of carbonyl (C=O) groups is 2. The molecule has 0 fully saturated rings. The van der Waals surface area contributed by atoms with E-state index < -0.39 is 23.9 Å². The molecule has 6 nitrogen and oxygen atoms in total. The van der Waals surface area contributed by atoms with Crippen molar-refractivity contribution in [2.24, 2.45) is 5.73 Å². The van der Waals surface area contributed by atoms with Gasteiger partial charge in [0, 0.05) is 6.54 Å². The molecule has 0 heterocycles. The zero-order valence-electron chi connectivity index (χ0n) is 11.6. The fourth-order valence-corrected chi connectivity index (χ4v) is 1.70. The number of benzene rings is 1. The maximum atomic E-state index is 13.7. The van der Waals surface area contributed by atoms with E-state index in [1.807, 2.05) is 0 Å². The van der Waals surface area contributed by atoms with E-state index in [0.29, 0.717) is 6.54 Å². The first-order valence-corrected chi connectivity index (χ1v) is 6.61. The summed E-state index contributed by atoms with van der Waals surface area (Å²) in [6, 6.07) is 3.39. The van der Waals surface area contributed by atoms with Crippen LogP contribution in [0.5, 0.6) is 5.75 Å². The van der Waals surface area contributed by atoms with Crippen molar-refractivity contribution in [1.29, 1.82) is 0 Å². The van der Waals surface area contributed by atoms with Gasteiger partial charge in [-0.25, -0.2) is 9.18 Å². The molecule has 0 aromatic heterocycles. The highest BCUT2D eigenvalue weighted by Gasteiger charge is 2.20. The van der Waals surface area contributed by atoms with Crippen LogP contribution >= 0.6 is 12.2 Å². The van der Waals surface area contributed by atoms with E-state index in [1.54, 1.807) is 6.92 Å². The number of thiocarbonyl (C=S) groups is 1.